The highest BCUT2D eigenvalue weighted by atomic mass is 32.1. The molecule has 1 amide bonds. The van der Waals surface area contributed by atoms with Gasteiger partial charge in [0.15, 0.2) is 10.8 Å². The fraction of sp³-hybridized carbons (Fsp3) is 0.250. The van der Waals surface area contributed by atoms with Crippen LogP contribution in [-0.4, -0.2) is 26.6 Å². The summed E-state index contributed by atoms with van der Waals surface area (Å²) in [6.07, 6.45) is 0.723. The van der Waals surface area contributed by atoms with Crippen LogP contribution in [0, 0.1) is 0 Å². The van der Waals surface area contributed by atoms with E-state index in [1.807, 2.05) is 37.3 Å². The second kappa shape index (κ2) is 9.24. The van der Waals surface area contributed by atoms with Gasteiger partial charge in [0.25, 0.3) is 5.56 Å². The number of hydrogen-bond donors (Lipinski definition) is 0. The van der Waals surface area contributed by atoms with Gasteiger partial charge in [-0.2, -0.15) is 5.10 Å². The number of aryl methyl sites for hydroxylation is 1. The summed E-state index contributed by atoms with van der Waals surface area (Å²) in [5, 5.41) is 6.25. The van der Waals surface area contributed by atoms with E-state index in [2.05, 4.69) is 10.1 Å². The minimum absolute atomic E-state index is 0.0585. The van der Waals surface area contributed by atoms with E-state index in [9.17, 15) is 14.4 Å². The molecule has 8 nitrogen and oxygen atoms in total. The van der Waals surface area contributed by atoms with Crippen LogP contribution in [0.15, 0.2) is 52.6 Å². The van der Waals surface area contributed by atoms with Crippen LogP contribution in [0.4, 0.5) is 10.8 Å². The number of amides is 1. The normalized spacial score (nSPS) is 10.6. The summed E-state index contributed by atoms with van der Waals surface area (Å²) in [7, 11) is 0. The van der Waals surface area contributed by atoms with E-state index in [0.717, 1.165) is 6.42 Å². The fourth-order valence-electron chi connectivity index (χ4n) is 2.61. The third-order valence-electron chi connectivity index (χ3n) is 3.92. The van der Waals surface area contributed by atoms with Crippen molar-refractivity contribution in [3.8, 4) is 0 Å². The van der Waals surface area contributed by atoms with Gasteiger partial charge in [-0.1, -0.05) is 25.1 Å². The first kappa shape index (κ1) is 20.4. The molecule has 0 saturated heterocycles. The quantitative estimate of drug-likeness (QED) is 0.553. The third kappa shape index (κ3) is 4.94. The number of carbonyl (C=O) groups excluding carboxylic acids is 2. The average Bonchev–Trinajstić information content (AvgIpc) is 3.17. The molecule has 0 unspecified atom stereocenters. The molecule has 1 aromatic carbocycles. The number of hydrogen-bond acceptors (Lipinski definition) is 7. The Bertz CT molecular complexity index is 1060. The summed E-state index contributed by atoms with van der Waals surface area (Å²) < 4.78 is 6.51. The highest BCUT2D eigenvalue weighted by Gasteiger charge is 2.18. The molecular formula is C20H20N4O4S. The van der Waals surface area contributed by atoms with Crippen molar-refractivity contribution in [3.63, 3.8) is 0 Å². The van der Waals surface area contributed by atoms with Gasteiger partial charge >= 0.3 is 5.97 Å². The van der Waals surface area contributed by atoms with Crippen LogP contribution < -0.4 is 10.5 Å². The molecule has 2 heterocycles. The van der Waals surface area contributed by atoms with Crippen molar-refractivity contribution >= 4 is 34.0 Å². The fourth-order valence-corrected chi connectivity index (χ4v) is 3.48. The van der Waals surface area contributed by atoms with Crippen molar-refractivity contribution in [1.29, 1.82) is 0 Å². The minimum Gasteiger partial charge on any atom is -0.454 e. The highest BCUT2D eigenvalue weighted by Crippen LogP contribution is 2.28. The molecule has 2 aromatic heterocycles. The molecule has 9 heteroatoms. The van der Waals surface area contributed by atoms with Gasteiger partial charge in [0.1, 0.15) is 6.61 Å². The standard InChI is InChI=1S/C20H20N4O4S/c1-3-11-23-18(26)10-9-17(22-23)19(27)28-12-15-13-29-20(21-15)24(14(2)25)16-7-5-4-6-8-16/h4-10,13H,3,11-12H2,1-2H3. The number of nitrogens with zero attached hydrogens (tertiary/aromatic N) is 4. The summed E-state index contributed by atoms with van der Waals surface area (Å²) in [5.74, 6) is -0.813. The number of thiazole rings is 1. The summed E-state index contributed by atoms with van der Waals surface area (Å²) in [6, 6.07) is 11.8. The molecule has 3 rings (SSSR count). The maximum atomic E-state index is 12.3. The molecule has 0 saturated carbocycles. The molecule has 0 N–H and O–H groups in total. The monoisotopic (exact) mass is 412 g/mol. The number of ether oxygens (including phenoxy) is 1. The lowest BCUT2D eigenvalue weighted by Gasteiger charge is -2.17. The number of para-hydroxylation sites is 1. The number of benzene rings is 1. The molecule has 0 aliphatic rings. The van der Waals surface area contributed by atoms with Crippen molar-refractivity contribution in [2.75, 3.05) is 4.90 Å². The zero-order valence-electron chi connectivity index (χ0n) is 16.1. The van der Waals surface area contributed by atoms with Crippen LogP contribution in [0.25, 0.3) is 0 Å². The average molecular weight is 412 g/mol. The summed E-state index contributed by atoms with van der Waals surface area (Å²) in [6.45, 7) is 3.74. The predicted molar refractivity (Wildman–Crippen MR) is 109 cm³/mol. The van der Waals surface area contributed by atoms with Gasteiger partial charge in [0.05, 0.1) is 11.4 Å². The lowest BCUT2D eigenvalue weighted by Crippen LogP contribution is -2.24. The first-order valence-electron chi connectivity index (χ1n) is 9.05. The van der Waals surface area contributed by atoms with Gasteiger partial charge in [-0.05, 0) is 24.6 Å². The van der Waals surface area contributed by atoms with E-state index in [1.54, 1.807) is 5.38 Å². The van der Waals surface area contributed by atoms with Crippen molar-refractivity contribution in [2.45, 2.75) is 33.4 Å². The second-order valence-corrected chi connectivity index (χ2v) is 7.00. The smallest absolute Gasteiger partial charge is 0.359 e. The van der Waals surface area contributed by atoms with E-state index < -0.39 is 5.97 Å². The maximum Gasteiger partial charge on any atom is 0.359 e. The van der Waals surface area contributed by atoms with Crippen LogP contribution in [0.1, 0.15) is 36.5 Å². The van der Waals surface area contributed by atoms with E-state index >= 15 is 0 Å². The zero-order chi connectivity index (χ0) is 20.8. The Morgan fingerprint density at radius 1 is 1.17 bits per heavy atom. The van der Waals surface area contributed by atoms with Crippen LogP contribution in [0.5, 0.6) is 0 Å². The largest absolute Gasteiger partial charge is 0.454 e. The molecule has 0 fully saturated rings. The van der Waals surface area contributed by atoms with Crippen LogP contribution >= 0.6 is 11.3 Å². The van der Waals surface area contributed by atoms with Gasteiger partial charge < -0.3 is 4.74 Å². The molecular weight excluding hydrogens is 392 g/mol. The number of anilines is 2. The Kier molecular flexibility index (Phi) is 6.50. The third-order valence-corrected chi connectivity index (χ3v) is 4.80. The Morgan fingerprint density at radius 3 is 2.62 bits per heavy atom. The Labute approximate surface area is 171 Å². The zero-order valence-corrected chi connectivity index (χ0v) is 16.9. The Balaban J connectivity index is 1.70. The molecule has 29 heavy (non-hydrogen) atoms. The van der Waals surface area contributed by atoms with Gasteiger partial charge in [-0.25, -0.2) is 14.5 Å². The first-order chi connectivity index (χ1) is 14.0. The Hall–Kier alpha value is -3.33. The second-order valence-electron chi connectivity index (χ2n) is 6.17. The lowest BCUT2D eigenvalue weighted by atomic mass is 10.3. The molecule has 0 aliphatic heterocycles. The number of aromatic nitrogens is 3. The van der Waals surface area contributed by atoms with Crippen molar-refractivity contribution in [3.05, 3.63) is 69.6 Å². The van der Waals surface area contributed by atoms with Gasteiger partial charge in [0.2, 0.25) is 5.91 Å². The van der Waals surface area contributed by atoms with Crippen molar-refractivity contribution in [1.82, 2.24) is 14.8 Å². The molecule has 0 radical (unpaired) electrons. The van der Waals surface area contributed by atoms with Crippen molar-refractivity contribution < 1.29 is 14.3 Å². The topological polar surface area (TPSA) is 94.4 Å². The number of carbonyl (C=O) groups is 2. The van der Waals surface area contributed by atoms with Gasteiger partial charge in [-0.15, -0.1) is 11.3 Å². The SMILES string of the molecule is CCCn1nc(C(=O)OCc2csc(N(C(C)=O)c3ccccc3)n2)ccc1=O. The van der Waals surface area contributed by atoms with E-state index in [1.165, 1.54) is 40.0 Å². The van der Waals surface area contributed by atoms with E-state index in [0.29, 0.717) is 23.1 Å². The lowest BCUT2D eigenvalue weighted by molar-refractivity contribution is -0.115. The summed E-state index contributed by atoms with van der Waals surface area (Å²) in [4.78, 5) is 42.0. The van der Waals surface area contributed by atoms with E-state index in [-0.39, 0.29) is 23.8 Å². The predicted octanol–water partition coefficient (Wildman–Crippen LogP) is 3.15. The molecule has 0 atom stereocenters. The number of rotatable bonds is 7. The maximum absolute atomic E-state index is 12.3. The molecule has 0 aliphatic carbocycles. The minimum atomic E-state index is -0.643. The van der Waals surface area contributed by atoms with E-state index in [4.69, 9.17) is 4.74 Å². The Morgan fingerprint density at radius 2 is 1.93 bits per heavy atom. The van der Waals surface area contributed by atoms with Crippen LogP contribution in [-0.2, 0) is 22.7 Å². The summed E-state index contributed by atoms with van der Waals surface area (Å²) in [5.41, 5.74) is 1.02. The molecule has 3 aromatic rings. The highest BCUT2D eigenvalue weighted by molar-refractivity contribution is 7.14. The molecule has 0 spiro atoms. The molecule has 0 bridgehead atoms. The van der Waals surface area contributed by atoms with Gasteiger partial charge in [0, 0.05) is 24.9 Å². The first-order valence-corrected chi connectivity index (χ1v) is 9.93. The number of esters is 1. The summed E-state index contributed by atoms with van der Waals surface area (Å²) >= 11 is 1.28. The van der Waals surface area contributed by atoms with Gasteiger partial charge in [-0.3, -0.25) is 14.5 Å². The van der Waals surface area contributed by atoms with Crippen LogP contribution in [0.2, 0.25) is 0 Å². The van der Waals surface area contributed by atoms with Crippen molar-refractivity contribution in [2.24, 2.45) is 0 Å². The molecule has 150 valence electrons. The van der Waals surface area contributed by atoms with Crippen LogP contribution in [0.3, 0.4) is 0 Å².